The average molecular weight is 306 g/mol. The number of hydrogen-bond acceptors (Lipinski definition) is 3. The van der Waals surface area contributed by atoms with Gasteiger partial charge in [0, 0.05) is 12.2 Å². The van der Waals surface area contributed by atoms with Gasteiger partial charge in [0.15, 0.2) is 0 Å². The Hall–Kier alpha value is -0.320. The Bertz CT molecular complexity index is 356. The molecule has 16 heavy (non-hydrogen) atoms. The number of pyridine rings is 1. The van der Waals surface area contributed by atoms with E-state index in [0.717, 1.165) is 11.0 Å². The second kappa shape index (κ2) is 5.84. The highest BCUT2D eigenvalue weighted by Gasteiger charge is 2.14. The molecule has 5 heteroatoms. The largest absolute Gasteiger partial charge is 0.475 e. The standard InChI is InChI=1S/C11H14BrClN2O/c12-10-5-8(13)6-15-11(10)16-7-9-3-1-2-4-14-9/h5-6,9,14H,1-4,7H2. The Morgan fingerprint density at radius 2 is 2.44 bits per heavy atom. The lowest BCUT2D eigenvalue weighted by Gasteiger charge is -2.23. The van der Waals surface area contributed by atoms with Crippen LogP contribution in [0.2, 0.25) is 5.02 Å². The second-order valence-electron chi connectivity index (χ2n) is 3.90. The summed E-state index contributed by atoms with van der Waals surface area (Å²) in [4.78, 5) is 4.13. The monoisotopic (exact) mass is 304 g/mol. The average Bonchev–Trinajstić information content (AvgIpc) is 2.29. The number of ether oxygens (including phenoxy) is 1. The summed E-state index contributed by atoms with van der Waals surface area (Å²) in [7, 11) is 0. The summed E-state index contributed by atoms with van der Waals surface area (Å²) in [6, 6.07) is 2.23. The van der Waals surface area contributed by atoms with Crippen LogP contribution in [0.4, 0.5) is 0 Å². The maximum Gasteiger partial charge on any atom is 0.228 e. The fourth-order valence-corrected chi connectivity index (χ4v) is 2.51. The van der Waals surface area contributed by atoms with E-state index >= 15 is 0 Å². The van der Waals surface area contributed by atoms with E-state index in [2.05, 4.69) is 26.2 Å². The normalized spacial score (nSPS) is 20.8. The molecular formula is C11H14BrClN2O. The van der Waals surface area contributed by atoms with Crippen molar-refractivity contribution in [2.75, 3.05) is 13.2 Å². The Morgan fingerprint density at radius 1 is 1.56 bits per heavy atom. The molecule has 1 aliphatic rings. The van der Waals surface area contributed by atoms with Gasteiger partial charge in [-0.2, -0.15) is 0 Å². The van der Waals surface area contributed by atoms with Gasteiger partial charge in [-0.05, 0) is 41.4 Å². The molecule has 3 nitrogen and oxygen atoms in total. The van der Waals surface area contributed by atoms with E-state index in [9.17, 15) is 0 Å². The van der Waals surface area contributed by atoms with E-state index in [-0.39, 0.29) is 0 Å². The number of rotatable bonds is 3. The van der Waals surface area contributed by atoms with Crippen LogP contribution in [0.1, 0.15) is 19.3 Å². The Balaban J connectivity index is 1.88. The number of nitrogens with zero attached hydrogens (tertiary/aromatic N) is 1. The summed E-state index contributed by atoms with van der Waals surface area (Å²) in [5.74, 6) is 0.608. The van der Waals surface area contributed by atoms with Crippen molar-refractivity contribution in [1.82, 2.24) is 10.3 Å². The molecule has 1 atom stereocenters. The molecule has 1 N–H and O–H groups in total. The molecule has 0 saturated carbocycles. The number of halogens is 2. The van der Waals surface area contributed by atoms with Crippen LogP contribution in [0.5, 0.6) is 5.88 Å². The number of nitrogens with one attached hydrogen (secondary N) is 1. The minimum atomic E-state index is 0.443. The first-order chi connectivity index (χ1) is 7.75. The van der Waals surface area contributed by atoms with E-state index in [1.165, 1.54) is 19.3 Å². The van der Waals surface area contributed by atoms with Gasteiger partial charge in [-0.1, -0.05) is 18.0 Å². The summed E-state index contributed by atoms with van der Waals surface area (Å²) in [6.07, 6.45) is 5.30. The highest BCUT2D eigenvalue weighted by molar-refractivity contribution is 9.10. The van der Waals surface area contributed by atoms with Crippen LogP contribution in [-0.2, 0) is 0 Å². The van der Waals surface area contributed by atoms with Crippen LogP contribution in [0.25, 0.3) is 0 Å². The molecule has 1 aromatic heterocycles. The predicted molar refractivity (Wildman–Crippen MR) is 68.1 cm³/mol. The lowest BCUT2D eigenvalue weighted by molar-refractivity contribution is 0.231. The first-order valence-corrected chi connectivity index (χ1v) is 6.60. The molecule has 2 rings (SSSR count). The lowest BCUT2D eigenvalue weighted by atomic mass is 10.1. The van der Waals surface area contributed by atoms with Gasteiger partial charge >= 0.3 is 0 Å². The molecule has 0 aromatic carbocycles. The van der Waals surface area contributed by atoms with Gasteiger partial charge in [0.05, 0.1) is 9.50 Å². The summed E-state index contributed by atoms with van der Waals surface area (Å²) in [5, 5.41) is 4.03. The van der Waals surface area contributed by atoms with E-state index in [1.807, 2.05) is 0 Å². The van der Waals surface area contributed by atoms with E-state index in [1.54, 1.807) is 12.3 Å². The topological polar surface area (TPSA) is 34.1 Å². The van der Waals surface area contributed by atoms with Crippen molar-refractivity contribution >= 4 is 27.5 Å². The molecule has 1 aromatic rings. The smallest absolute Gasteiger partial charge is 0.228 e. The highest BCUT2D eigenvalue weighted by Crippen LogP contribution is 2.25. The summed E-state index contributed by atoms with van der Waals surface area (Å²) in [5.41, 5.74) is 0. The van der Waals surface area contributed by atoms with Crippen molar-refractivity contribution in [2.45, 2.75) is 25.3 Å². The second-order valence-corrected chi connectivity index (χ2v) is 5.19. The van der Waals surface area contributed by atoms with Crippen LogP contribution < -0.4 is 10.1 Å². The third-order valence-corrected chi connectivity index (χ3v) is 3.38. The molecule has 0 spiro atoms. The number of piperidine rings is 1. The Kier molecular flexibility index (Phi) is 4.44. The fraction of sp³-hybridized carbons (Fsp3) is 0.545. The van der Waals surface area contributed by atoms with Crippen molar-refractivity contribution in [1.29, 1.82) is 0 Å². The van der Waals surface area contributed by atoms with E-state index in [4.69, 9.17) is 16.3 Å². The molecule has 1 unspecified atom stereocenters. The fourth-order valence-electron chi connectivity index (χ4n) is 1.75. The van der Waals surface area contributed by atoms with Crippen molar-refractivity contribution in [3.8, 4) is 5.88 Å². The molecule has 0 radical (unpaired) electrons. The SMILES string of the molecule is Clc1cnc(OCC2CCCCN2)c(Br)c1. The first-order valence-electron chi connectivity index (χ1n) is 5.43. The van der Waals surface area contributed by atoms with Crippen molar-refractivity contribution in [3.63, 3.8) is 0 Å². The zero-order valence-electron chi connectivity index (χ0n) is 8.88. The molecule has 2 heterocycles. The maximum absolute atomic E-state index is 5.81. The quantitative estimate of drug-likeness (QED) is 0.932. The maximum atomic E-state index is 5.81. The molecule has 88 valence electrons. The van der Waals surface area contributed by atoms with Gasteiger partial charge in [0.25, 0.3) is 0 Å². The highest BCUT2D eigenvalue weighted by atomic mass is 79.9. The first kappa shape index (κ1) is 12.1. The third kappa shape index (κ3) is 3.34. The summed E-state index contributed by atoms with van der Waals surface area (Å²) < 4.78 is 6.45. The third-order valence-electron chi connectivity index (χ3n) is 2.61. The van der Waals surface area contributed by atoms with Crippen molar-refractivity contribution < 1.29 is 4.74 Å². The molecule has 1 saturated heterocycles. The minimum Gasteiger partial charge on any atom is -0.475 e. The van der Waals surface area contributed by atoms with Crippen LogP contribution in [0, 0.1) is 0 Å². The zero-order valence-corrected chi connectivity index (χ0v) is 11.2. The van der Waals surface area contributed by atoms with Gasteiger partial charge in [-0.3, -0.25) is 0 Å². The van der Waals surface area contributed by atoms with Crippen molar-refractivity contribution in [2.24, 2.45) is 0 Å². The summed E-state index contributed by atoms with van der Waals surface area (Å²) in [6.45, 7) is 1.75. The van der Waals surface area contributed by atoms with Gasteiger partial charge in [-0.25, -0.2) is 4.98 Å². The summed E-state index contributed by atoms with van der Waals surface area (Å²) >= 11 is 9.19. The van der Waals surface area contributed by atoms with Gasteiger partial charge < -0.3 is 10.1 Å². The minimum absolute atomic E-state index is 0.443. The Labute approximate surface area is 109 Å². The van der Waals surface area contributed by atoms with Crippen molar-refractivity contribution in [3.05, 3.63) is 21.8 Å². The van der Waals surface area contributed by atoms with E-state index < -0.39 is 0 Å². The number of hydrogen-bond donors (Lipinski definition) is 1. The molecule has 0 amide bonds. The van der Waals surface area contributed by atoms with Crippen LogP contribution in [0.3, 0.4) is 0 Å². The Morgan fingerprint density at radius 3 is 3.12 bits per heavy atom. The molecule has 1 aliphatic heterocycles. The molecule has 1 fully saturated rings. The van der Waals surface area contributed by atoms with Crippen LogP contribution >= 0.6 is 27.5 Å². The van der Waals surface area contributed by atoms with Crippen LogP contribution in [-0.4, -0.2) is 24.2 Å². The molecular weight excluding hydrogens is 291 g/mol. The molecule has 0 aliphatic carbocycles. The predicted octanol–water partition coefficient (Wildman–Crippen LogP) is 3.02. The van der Waals surface area contributed by atoms with Gasteiger partial charge in [0.1, 0.15) is 6.61 Å². The zero-order chi connectivity index (χ0) is 11.4. The number of aromatic nitrogens is 1. The van der Waals surface area contributed by atoms with Gasteiger partial charge in [0.2, 0.25) is 5.88 Å². The van der Waals surface area contributed by atoms with Gasteiger partial charge in [-0.15, -0.1) is 0 Å². The van der Waals surface area contributed by atoms with Crippen LogP contribution in [0.15, 0.2) is 16.7 Å². The lowest BCUT2D eigenvalue weighted by Crippen LogP contribution is -2.38. The van der Waals surface area contributed by atoms with E-state index in [0.29, 0.717) is 23.6 Å². The molecule has 0 bridgehead atoms.